The van der Waals surface area contributed by atoms with E-state index in [1.807, 2.05) is 6.92 Å². The molecule has 2 aliphatic rings. The molecule has 5 heteroatoms. The fraction of sp³-hybridized carbons (Fsp3) is 0.846. The molecule has 0 bridgehead atoms. The Morgan fingerprint density at radius 2 is 2.06 bits per heavy atom. The first-order chi connectivity index (χ1) is 8.72. The highest BCUT2D eigenvalue weighted by Crippen LogP contribution is 2.17. The van der Waals surface area contributed by atoms with E-state index in [-0.39, 0.29) is 17.9 Å². The summed E-state index contributed by atoms with van der Waals surface area (Å²) in [6, 6.07) is -0.299. The molecule has 2 amide bonds. The number of amides is 2. The van der Waals surface area contributed by atoms with Crippen molar-refractivity contribution in [3.05, 3.63) is 0 Å². The van der Waals surface area contributed by atoms with Gasteiger partial charge in [-0.1, -0.05) is 6.92 Å². The topological polar surface area (TPSA) is 58.6 Å². The van der Waals surface area contributed by atoms with Crippen LogP contribution in [0, 0.1) is 5.92 Å². The fourth-order valence-electron chi connectivity index (χ4n) is 2.56. The molecule has 0 radical (unpaired) electrons. The molecule has 102 valence electrons. The van der Waals surface area contributed by atoms with Crippen molar-refractivity contribution in [3.63, 3.8) is 0 Å². The van der Waals surface area contributed by atoms with Crippen LogP contribution in [0.25, 0.3) is 0 Å². The van der Waals surface area contributed by atoms with Gasteiger partial charge < -0.3 is 10.1 Å². The van der Waals surface area contributed by atoms with Crippen molar-refractivity contribution in [2.24, 2.45) is 5.92 Å². The lowest BCUT2D eigenvalue weighted by atomic mass is 10.00. The number of rotatable bonds is 5. The van der Waals surface area contributed by atoms with E-state index in [1.165, 1.54) is 4.90 Å². The Kier molecular flexibility index (Phi) is 4.72. The summed E-state index contributed by atoms with van der Waals surface area (Å²) in [5, 5.41) is 3.25. The number of carbonyl (C=O) groups is 2. The molecule has 0 aromatic rings. The summed E-state index contributed by atoms with van der Waals surface area (Å²) in [6.07, 6.45) is 3.23. The van der Waals surface area contributed by atoms with Crippen LogP contribution in [-0.4, -0.2) is 49.1 Å². The van der Waals surface area contributed by atoms with Crippen LogP contribution in [0.5, 0.6) is 0 Å². The first-order valence-corrected chi connectivity index (χ1v) is 6.87. The Balaban J connectivity index is 1.79. The summed E-state index contributed by atoms with van der Waals surface area (Å²) in [5.74, 6) is 0.488. The highest BCUT2D eigenvalue weighted by atomic mass is 16.5. The van der Waals surface area contributed by atoms with Gasteiger partial charge in [0.15, 0.2) is 0 Å². The number of ether oxygens (including phenoxy) is 1. The lowest BCUT2D eigenvalue weighted by Gasteiger charge is -2.23. The minimum atomic E-state index is -0.299. The first-order valence-electron chi connectivity index (χ1n) is 6.87. The minimum absolute atomic E-state index is 0.0358. The summed E-state index contributed by atoms with van der Waals surface area (Å²) >= 11 is 0. The summed E-state index contributed by atoms with van der Waals surface area (Å²) in [5.41, 5.74) is 0. The van der Waals surface area contributed by atoms with Crippen LogP contribution in [0.15, 0.2) is 0 Å². The van der Waals surface area contributed by atoms with Gasteiger partial charge in [-0.15, -0.1) is 0 Å². The molecule has 0 spiro atoms. The molecule has 1 atom stereocenters. The van der Waals surface area contributed by atoms with Crippen LogP contribution in [0.2, 0.25) is 0 Å². The van der Waals surface area contributed by atoms with E-state index in [1.54, 1.807) is 0 Å². The van der Waals surface area contributed by atoms with Gasteiger partial charge in [0.25, 0.3) is 0 Å². The third-order valence-electron chi connectivity index (χ3n) is 3.68. The zero-order chi connectivity index (χ0) is 13.0. The Morgan fingerprint density at radius 1 is 1.33 bits per heavy atom. The highest BCUT2D eigenvalue weighted by Gasteiger charge is 2.37. The van der Waals surface area contributed by atoms with Gasteiger partial charge in [-0.3, -0.25) is 14.5 Å². The van der Waals surface area contributed by atoms with Crippen LogP contribution < -0.4 is 5.32 Å². The molecule has 0 aromatic carbocycles. The predicted octanol–water partition coefficient (Wildman–Crippen LogP) is 0.540. The van der Waals surface area contributed by atoms with Crippen molar-refractivity contribution in [2.45, 2.75) is 38.6 Å². The Hall–Kier alpha value is -0.940. The van der Waals surface area contributed by atoms with Crippen molar-refractivity contribution < 1.29 is 14.3 Å². The van der Waals surface area contributed by atoms with Gasteiger partial charge in [0.1, 0.15) is 0 Å². The monoisotopic (exact) mass is 254 g/mol. The van der Waals surface area contributed by atoms with E-state index in [0.717, 1.165) is 39.0 Å². The van der Waals surface area contributed by atoms with E-state index in [2.05, 4.69) is 5.32 Å². The number of imide groups is 1. The van der Waals surface area contributed by atoms with Crippen LogP contribution in [-0.2, 0) is 14.3 Å². The van der Waals surface area contributed by atoms with Crippen LogP contribution in [0.3, 0.4) is 0 Å². The second kappa shape index (κ2) is 6.29. The van der Waals surface area contributed by atoms with Crippen molar-refractivity contribution in [2.75, 3.05) is 26.3 Å². The number of carbonyl (C=O) groups excluding carboxylic acids is 2. The normalized spacial score (nSPS) is 26.1. The maximum atomic E-state index is 12.0. The molecule has 2 rings (SSSR count). The Labute approximate surface area is 108 Å². The lowest BCUT2D eigenvalue weighted by molar-refractivity contribution is -0.138. The molecular formula is C13H22N2O3. The number of nitrogens with zero attached hydrogens (tertiary/aromatic N) is 1. The average Bonchev–Trinajstić information content (AvgIpc) is 2.66. The zero-order valence-corrected chi connectivity index (χ0v) is 11.0. The molecule has 2 aliphatic heterocycles. The fourth-order valence-corrected chi connectivity index (χ4v) is 2.56. The average molecular weight is 254 g/mol. The summed E-state index contributed by atoms with van der Waals surface area (Å²) < 4.78 is 5.30. The van der Waals surface area contributed by atoms with Gasteiger partial charge in [-0.2, -0.15) is 0 Å². The number of hydrogen-bond donors (Lipinski definition) is 1. The predicted molar refractivity (Wildman–Crippen MR) is 67.0 cm³/mol. The molecule has 18 heavy (non-hydrogen) atoms. The van der Waals surface area contributed by atoms with Gasteiger partial charge in [-0.25, -0.2) is 0 Å². The van der Waals surface area contributed by atoms with Crippen molar-refractivity contribution >= 4 is 11.8 Å². The van der Waals surface area contributed by atoms with E-state index in [9.17, 15) is 9.59 Å². The van der Waals surface area contributed by atoms with E-state index >= 15 is 0 Å². The molecule has 5 nitrogen and oxygen atoms in total. The smallest absolute Gasteiger partial charge is 0.246 e. The van der Waals surface area contributed by atoms with E-state index in [0.29, 0.717) is 18.9 Å². The maximum absolute atomic E-state index is 12.0. The number of hydrogen-bond acceptors (Lipinski definition) is 4. The molecule has 0 aliphatic carbocycles. The third-order valence-corrected chi connectivity index (χ3v) is 3.68. The van der Waals surface area contributed by atoms with E-state index < -0.39 is 0 Å². The van der Waals surface area contributed by atoms with Gasteiger partial charge >= 0.3 is 0 Å². The maximum Gasteiger partial charge on any atom is 0.246 e. The molecule has 2 fully saturated rings. The lowest BCUT2D eigenvalue weighted by Crippen LogP contribution is -2.41. The third kappa shape index (κ3) is 3.09. The molecule has 2 saturated heterocycles. The Morgan fingerprint density at radius 3 is 2.72 bits per heavy atom. The van der Waals surface area contributed by atoms with Gasteiger partial charge in [0.2, 0.25) is 11.8 Å². The summed E-state index contributed by atoms with van der Waals surface area (Å²) in [6.45, 7) is 4.96. The van der Waals surface area contributed by atoms with Crippen molar-refractivity contribution in [1.29, 1.82) is 0 Å². The molecular weight excluding hydrogens is 232 g/mol. The molecule has 2 heterocycles. The SMILES string of the molecule is CCCN1C(=O)CC(NCC2CCOCC2)C1=O. The van der Waals surface area contributed by atoms with E-state index in [4.69, 9.17) is 4.74 Å². The standard InChI is InChI=1S/C13H22N2O3/c1-2-5-15-12(16)8-11(13(15)17)14-9-10-3-6-18-7-4-10/h10-11,14H,2-9H2,1H3. The van der Waals surface area contributed by atoms with Crippen molar-refractivity contribution in [3.8, 4) is 0 Å². The van der Waals surface area contributed by atoms with Crippen molar-refractivity contribution in [1.82, 2.24) is 10.2 Å². The number of nitrogens with one attached hydrogen (secondary N) is 1. The minimum Gasteiger partial charge on any atom is -0.381 e. The second-order valence-corrected chi connectivity index (χ2v) is 5.10. The van der Waals surface area contributed by atoms with Crippen LogP contribution in [0.4, 0.5) is 0 Å². The zero-order valence-electron chi connectivity index (χ0n) is 11.0. The quantitative estimate of drug-likeness (QED) is 0.728. The summed E-state index contributed by atoms with van der Waals surface area (Å²) in [4.78, 5) is 25.1. The number of likely N-dealkylation sites (tertiary alicyclic amines) is 1. The first kappa shape index (κ1) is 13.5. The van der Waals surface area contributed by atoms with Crippen LogP contribution in [0.1, 0.15) is 32.6 Å². The van der Waals surface area contributed by atoms with Gasteiger partial charge in [0.05, 0.1) is 12.5 Å². The van der Waals surface area contributed by atoms with Gasteiger partial charge in [-0.05, 0) is 31.7 Å². The summed E-state index contributed by atoms with van der Waals surface area (Å²) in [7, 11) is 0. The molecule has 1 unspecified atom stereocenters. The molecule has 0 saturated carbocycles. The molecule has 0 aromatic heterocycles. The molecule has 1 N–H and O–H groups in total. The largest absolute Gasteiger partial charge is 0.381 e. The Bertz CT molecular complexity index is 313. The second-order valence-electron chi connectivity index (χ2n) is 5.10. The van der Waals surface area contributed by atoms with Gasteiger partial charge in [0, 0.05) is 19.8 Å². The van der Waals surface area contributed by atoms with Crippen LogP contribution >= 0.6 is 0 Å². The highest BCUT2D eigenvalue weighted by molar-refractivity contribution is 6.05.